The maximum Gasteiger partial charge on any atom is 0.228 e. The van der Waals surface area contributed by atoms with Gasteiger partial charge in [0.15, 0.2) is 0 Å². The Hall–Kier alpha value is -2.37. The van der Waals surface area contributed by atoms with Crippen molar-refractivity contribution in [2.24, 2.45) is 0 Å². The molecule has 3 aromatic rings. The van der Waals surface area contributed by atoms with Gasteiger partial charge in [-0.25, -0.2) is 4.98 Å². The van der Waals surface area contributed by atoms with Crippen molar-refractivity contribution in [3.63, 3.8) is 0 Å². The number of aryl methyl sites for hydroxylation is 1. The molecule has 0 atom stereocenters. The first-order valence-electron chi connectivity index (χ1n) is 8.33. The van der Waals surface area contributed by atoms with Crippen molar-refractivity contribution in [1.29, 1.82) is 0 Å². The molecule has 2 aromatic carbocycles. The highest BCUT2D eigenvalue weighted by molar-refractivity contribution is 6.31. The number of nitrogens with one attached hydrogen (secondary N) is 1. The van der Waals surface area contributed by atoms with Gasteiger partial charge in [0.25, 0.3) is 0 Å². The van der Waals surface area contributed by atoms with Crippen molar-refractivity contribution in [1.82, 2.24) is 9.97 Å². The van der Waals surface area contributed by atoms with Crippen LogP contribution in [0.15, 0.2) is 42.5 Å². The molecule has 1 fully saturated rings. The largest absolute Gasteiger partial charge is 0.378 e. The van der Waals surface area contributed by atoms with Gasteiger partial charge >= 0.3 is 0 Å². The number of hydrogen-bond donors (Lipinski definition) is 1. The molecule has 0 bridgehead atoms. The minimum atomic E-state index is 0.669. The molecule has 1 saturated heterocycles. The number of ether oxygens (including phenoxy) is 1. The topological polar surface area (TPSA) is 50.3 Å². The zero-order valence-corrected chi connectivity index (χ0v) is 14.8. The molecule has 0 amide bonds. The number of morpholine rings is 1. The Bertz CT molecular complexity index is 892. The highest BCUT2D eigenvalue weighted by atomic mass is 35.5. The number of nitrogens with zero attached hydrogens (tertiary/aromatic N) is 3. The average Bonchev–Trinajstić information content (AvgIpc) is 2.64. The second-order valence-corrected chi connectivity index (χ2v) is 6.56. The van der Waals surface area contributed by atoms with E-state index in [1.165, 1.54) is 5.56 Å². The molecule has 0 saturated carbocycles. The second kappa shape index (κ2) is 6.86. The monoisotopic (exact) mass is 354 g/mol. The maximum atomic E-state index is 6.19. The van der Waals surface area contributed by atoms with E-state index in [9.17, 15) is 0 Å². The predicted octanol–water partition coefficient (Wildman–Crippen LogP) is 4.17. The lowest BCUT2D eigenvalue weighted by molar-refractivity contribution is 0.122. The molecule has 5 nitrogen and oxygen atoms in total. The summed E-state index contributed by atoms with van der Waals surface area (Å²) in [5.41, 5.74) is 3.07. The first-order valence-corrected chi connectivity index (χ1v) is 8.70. The quantitative estimate of drug-likeness (QED) is 0.765. The lowest BCUT2D eigenvalue weighted by Crippen LogP contribution is -2.37. The van der Waals surface area contributed by atoms with Crippen LogP contribution in [-0.4, -0.2) is 36.3 Å². The van der Waals surface area contributed by atoms with E-state index in [-0.39, 0.29) is 0 Å². The fourth-order valence-corrected chi connectivity index (χ4v) is 3.03. The lowest BCUT2D eigenvalue weighted by Gasteiger charge is -2.27. The van der Waals surface area contributed by atoms with E-state index in [1.54, 1.807) is 0 Å². The van der Waals surface area contributed by atoms with Gasteiger partial charge in [0, 0.05) is 29.2 Å². The van der Waals surface area contributed by atoms with Crippen LogP contribution in [0.3, 0.4) is 0 Å². The van der Waals surface area contributed by atoms with Crippen LogP contribution in [0.2, 0.25) is 5.02 Å². The summed E-state index contributed by atoms with van der Waals surface area (Å²) < 4.78 is 5.43. The highest BCUT2D eigenvalue weighted by Crippen LogP contribution is 2.29. The number of anilines is 3. The normalized spacial score (nSPS) is 14.7. The van der Waals surface area contributed by atoms with Gasteiger partial charge in [0.1, 0.15) is 5.82 Å². The summed E-state index contributed by atoms with van der Waals surface area (Å²) in [7, 11) is 0. The summed E-state index contributed by atoms with van der Waals surface area (Å²) in [4.78, 5) is 11.6. The second-order valence-electron chi connectivity index (χ2n) is 6.12. The lowest BCUT2D eigenvalue weighted by atomic mass is 10.2. The Balaban J connectivity index is 1.78. The van der Waals surface area contributed by atoms with Gasteiger partial charge in [-0.2, -0.15) is 4.98 Å². The molecule has 0 radical (unpaired) electrons. The van der Waals surface area contributed by atoms with Gasteiger partial charge in [-0.3, -0.25) is 0 Å². The van der Waals surface area contributed by atoms with Crippen molar-refractivity contribution in [3.8, 4) is 0 Å². The Morgan fingerprint density at radius 3 is 2.56 bits per heavy atom. The summed E-state index contributed by atoms with van der Waals surface area (Å²) in [6.07, 6.45) is 0. The number of halogens is 1. The molecule has 0 spiro atoms. The Labute approximate surface area is 151 Å². The standard InChI is InChI=1S/C19H19ClN4O/c1-13-2-5-15(6-3-13)21-18-16-12-14(20)4-7-17(16)22-19(23-18)24-8-10-25-11-9-24/h2-7,12H,8-11H2,1H3,(H,21,22,23). The van der Waals surface area contributed by atoms with E-state index in [2.05, 4.69) is 29.3 Å². The van der Waals surface area contributed by atoms with Crippen LogP contribution in [0.4, 0.5) is 17.5 Å². The first-order chi connectivity index (χ1) is 12.2. The van der Waals surface area contributed by atoms with Crippen LogP contribution in [-0.2, 0) is 4.74 Å². The third-order valence-corrected chi connectivity index (χ3v) is 4.49. The molecule has 1 aliphatic heterocycles. The fourth-order valence-electron chi connectivity index (χ4n) is 2.86. The van der Waals surface area contributed by atoms with Crippen LogP contribution in [0.5, 0.6) is 0 Å². The summed E-state index contributed by atoms with van der Waals surface area (Å²) >= 11 is 6.19. The Morgan fingerprint density at radius 2 is 1.80 bits per heavy atom. The Kier molecular flexibility index (Phi) is 4.42. The molecule has 4 rings (SSSR count). The van der Waals surface area contributed by atoms with Crippen LogP contribution >= 0.6 is 11.6 Å². The van der Waals surface area contributed by atoms with Gasteiger partial charge in [0.2, 0.25) is 5.95 Å². The van der Waals surface area contributed by atoms with E-state index in [0.29, 0.717) is 24.2 Å². The van der Waals surface area contributed by atoms with Gasteiger partial charge in [-0.05, 0) is 37.3 Å². The molecule has 1 N–H and O–H groups in total. The summed E-state index contributed by atoms with van der Waals surface area (Å²) in [5.74, 6) is 1.48. The fraction of sp³-hybridized carbons (Fsp3) is 0.263. The number of rotatable bonds is 3. The third-order valence-electron chi connectivity index (χ3n) is 4.25. The summed E-state index contributed by atoms with van der Waals surface area (Å²) in [6, 6.07) is 13.9. The molecule has 1 aromatic heterocycles. The van der Waals surface area contributed by atoms with Crippen molar-refractivity contribution in [3.05, 3.63) is 53.1 Å². The molecule has 25 heavy (non-hydrogen) atoms. The van der Waals surface area contributed by atoms with E-state index in [0.717, 1.165) is 35.5 Å². The van der Waals surface area contributed by atoms with E-state index >= 15 is 0 Å². The molecule has 128 valence electrons. The van der Waals surface area contributed by atoms with Crippen molar-refractivity contribution >= 4 is 40.0 Å². The van der Waals surface area contributed by atoms with Crippen molar-refractivity contribution in [2.45, 2.75) is 6.92 Å². The summed E-state index contributed by atoms with van der Waals surface area (Å²) in [5, 5.41) is 4.99. The molecular formula is C19H19ClN4O. The van der Waals surface area contributed by atoms with Crippen molar-refractivity contribution in [2.75, 3.05) is 36.5 Å². The third kappa shape index (κ3) is 3.52. The van der Waals surface area contributed by atoms with E-state index < -0.39 is 0 Å². The zero-order valence-electron chi connectivity index (χ0n) is 14.0. The van der Waals surface area contributed by atoms with Gasteiger partial charge in [-0.1, -0.05) is 29.3 Å². The highest BCUT2D eigenvalue weighted by Gasteiger charge is 2.17. The number of aromatic nitrogens is 2. The van der Waals surface area contributed by atoms with E-state index in [4.69, 9.17) is 26.3 Å². The van der Waals surface area contributed by atoms with Crippen molar-refractivity contribution < 1.29 is 4.74 Å². The number of hydrogen-bond acceptors (Lipinski definition) is 5. The first kappa shape index (κ1) is 16.1. The summed E-state index contributed by atoms with van der Waals surface area (Å²) in [6.45, 7) is 5.05. The SMILES string of the molecule is Cc1ccc(Nc2nc(N3CCOCC3)nc3ccc(Cl)cc23)cc1. The number of fused-ring (bicyclic) bond motifs is 1. The zero-order chi connectivity index (χ0) is 17.2. The average molecular weight is 355 g/mol. The molecule has 2 heterocycles. The molecular weight excluding hydrogens is 336 g/mol. The smallest absolute Gasteiger partial charge is 0.228 e. The van der Waals surface area contributed by atoms with Gasteiger partial charge < -0.3 is 15.0 Å². The van der Waals surface area contributed by atoms with E-state index in [1.807, 2.05) is 30.3 Å². The maximum absolute atomic E-state index is 6.19. The molecule has 1 aliphatic rings. The van der Waals surface area contributed by atoms with Gasteiger partial charge in [-0.15, -0.1) is 0 Å². The van der Waals surface area contributed by atoms with Crippen LogP contribution in [0.25, 0.3) is 10.9 Å². The molecule has 0 aliphatic carbocycles. The van der Waals surface area contributed by atoms with Crippen LogP contribution in [0, 0.1) is 6.92 Å². The number of benzene rings is 2. The molecule has 0 unspecified atom stereocenters. The minimum Gasteiger partial charge on any atom is -0.378 e. The minimum absolute atomic E-state index is 0.669. The molecule has 6 heteroatoms. The van der Waals surface area contributed by atoms with Gasteiger partial charge in [0.05, 0.1) is 18.7 Å². The predicted molar refractivity (Wildman–Crippen MR) is 102 cm³/mol. The van der Waals surface area contributed by atoms with Crippen LogP contribution in [0.1, 0.15) is 5.56 Å². The Morgan fingerprint density at radius 1 is 1.04 bits per heavy atom. The van der Waals surface area contributed by atoms with Crippen LogP contribution < -0.4 is 10.2 Å².